The Kier molecular flexibility index (Phi) is 3.31. The Morgan fingerprint density at radius 1 is 1.22 bits per heavy atom. The van der Waals surface area contributed by atoms with Gasteiger partial charge in [-0.15, -0.1) is 11.3 Å². The Morgan fingerprint density at radius 2 is 2.09 bits per heavy atom. The minimum atomic E-state index is -0.521. The zero-order chi connectivity index (χ0) is 15.8. The number of benzene rings is 2. The fraction of sp³-hybridized carbons (Fsp3) is 0.0588. The van der Waals surface area contributed by atoms with Crippen LogP contribution in [0.5, 0.6) is 0 Å². The van der Waals surface area contributed by atoms with Gasteiger partial charge in [-0.3, -0.25) is 0 Å². The first-order chi connectivity index (χ1) is 11.2. The molecule has 0 unspecified atom stereocenters. The molecule has 0 N–H and O–H groups in total. The Labute approximate surface area is 134 Å². The highest BCUT2D eigenvalue weighted by atomic mass is 32.1. The van der Waals surface area contributed by atoms with Gasteiger partial charge in [-0.25, -0.2) is 14.2 Å². The van der Waals surface area contributed by atoms with E-state index < -0.39 is 5.97 Å². The Balaban J connectivity index is 1.53. The molecule has 0 radical (unpaired) electrons. The van der Waals surface area contributed by atoms with E-state index in [1.165, 1.54) is 23.5 Å². The molecule has 4 rings (SSSR count). The molecule has 0 fully saturated rings. The van der Waals surface area contributed by atoms with Crippen LogP contribution in [0.2, 0.25) is 0 Å². The van der Waals surface area contributed by atoms with Crippen molar-refractivity contribution in [3.8, 4) is 0 Å². The average Bonchev–Trinajstić information content (AvgIpc) is 3.17. The summed E-state index contributed by atoms with van der Waals surface area (Å²) in [5.74, 6) is -0.545. The lowest BCUT2D eigenvalue weighted by atomic mass is 10.2. The zero-order valence-electron chi connectivity index (χ0n) is 11.8. The van der Waals surface area contributed by atoms with E-state index in [0.29, 0.717) is 32.0 Å². The van der Waals surface area contributed by atoms with Gasteiger partial charge in [-0.05, 0) is 30.3 Å². The van der Waals surface area contributed by atoms with Crippen LogP contribution in [0.3, 0.4) is 0 Å². The number of aromatic nitrogens is 1. The van der Waals surface area contributed by atoms with Crippen molar-refractivity contribution >= 4 is 38.5 Å². The minimum Gasteiger partial charge on any atom is -0.451 e. The molecule has 4 aromatic rings. The number of fused-ring (bicyclic) bond motifs is 2. The number of hydrogen-bond donors (Lipinski definition) is 0. The van der Waals surface area contributed by atoms with Crippen LogP contribution in [0.1, 0.15) is 15.6 Å². The summed E-state index contributed by atoms with van der Waals surface area (Å²) in [4.78, 5) is 16.7. The van der Waals surface area contributed by atoms with Gasteiger partial charge in [0.25, 0.3) is 0 Å². The normalized spacial score (nSPS) is 11.2. The maximum atomic E-state index is 13.7. The highest BCUT2D eigenvalue weighted by molar-refractivity contribution is 7.20. The number of carbonyl (C=O) groups is 1. The Hall–Kier alpha value is -2.73. The largest absolute Gasteiger partial charge is 0.451 e. The van der Waals surface area contributed by atoms with Gasteiger partial charge < -0.3 is 9.15 Å². The van der Waals surface area contributed by atoms with Crippen LogP contribution in [0.25, 0.3) is 21.2 Å². The molecule has 23 heavy (non-hydrogen) atoms. The van der Waals surface area contributed by atoms with Crippen molar-refractivity contribution in [2.24, 2.45) is 0 Å². The van der Waals surface area contributed by atoms with Gasteiger partial charge in [-0.1, -0.05) is 18.2 Å². The minimum absolute atomic E-state index is 0.0652. The highest BCUT2D eigenvalue weighted by Gasteiger charge is 2.15. The summed E-state index contributed by atoms with van der Waals surface area (Å²) in [6.45, 7) is -0.0652. The number of halogens is 1. The van der Waals surface area contributed by atoms with Gasteiger partial charge in [0.1, 0.15) is 16.2 Å². The summed E-state index contributed by atoms with van der Waals surface area (Å²) in [6.07, 6.45) is 0. The summed E-state index contributed by atoms with van der Waals surface area (Å²) in [7, 11) is 0. The molecule has 2 heterocycles. The van der Waals surface area contributed by atoms with Crippen molar-refractivity contribution in [1.82, 2.24) is 4.98 Å². The first-order valence-corrected chi connectivity index (χ1v) is 7.72. The molecule has 0 saturated heterocycles. The lowest BCUT2D eigenvalue weighted by Crippen LogP contribution is -2.03. The molecular weight excluding hydrogens is 317 g/mol. The summed E-state index contributed by atoms with van der Waals surface area (Å²) in [6, 6.07) is 13.6. The number of hydrogen-bond acceptors (Lipinski definition) is 5. The second kappa shape index (κ2) is 5.48. The number of oxazole rings is 1. The quantitative estimate of drug-likeness (QED) is 0.518. The monoisotopic (exact) mass is 327 g/mol. The SMILES string of the molecule is O=C(OCc1nc2ccccc2o1)c1cc2c(F)cccc2s1. The molecule has 0 saturated carbocycles. The van der Waals surface area contributed by atoms with Gasteiger partial charge in [0.15, 0.2) is 12.2 Å². The van der Waals surface area contributed by atoms with Crippen LogP contribution in [-0.2, 0) is 11.3 Å². The van der Waals surface area contributed by atoms with E-state index in [9.17, 15) is 9.18 Å². The van der Waals surface area contributed by atoms with E-state index >= 15 is 0 Å². The predicted molar refractivity (Wildman–Crippen MR) is 84.9 cm³/mol. The third-order valence-electron chi connectivity index (χ3n) is 3.37. The van der Waals surface area contributed by atoms with E-state index in [2.05, 4.69) is 4.98 Å². The standard InChI is InChI=1S/C17H10FNO3S/c18-11-4-3-7-14-10(11)8-15(23-14)17(20)21-9-16-19-12-5-1-2-6-13(12)22-16/h1-8H,9H2. The van der Waals surface area contributed by atoms with E-state index in [1.54, 1.807) is 18.2 Å². The molecule has 6 heteroatoms. The zero-order valence-corrected chi connectivity index (χ0v) is 12.6. The summed E-state index contributed by atoms with van der Waals surface area (Å²) in [5, 5.41) is 0.423. The van der Waals surface area contributed by atoms with Gasteiger partial charge in [0.05, 0.1) is 0 Å². The number of carbonyl (C=O) groups excluding carboxylic acids is 1. The second-order valence-corrected chi connectivity index (χ2v) is 6.00. The topological polar surface area (TPSA) is 52.3 Å². The predicted octanol–water partition coefficient (Wildman–Crippen LogP) is 4.54. The van der Waals surface area contributed by atoms with E-state index in [1.807, 2.05) is 18.2 Å². The molecule has 2 aromatic carbocycles. The number of ether oxygens (including phenoxy) is 1. The molecule has 114 valence electrons. The number of nitrogens with zero attached hydrogens (tertiary/aromatic N) is 1. The fourth-order valence-corrected chi connectivity index (χ4v) is 3.27. The maximum Gasteiger partial charge on any atom is 0.348 e. The van der Waals surface area contributed by atoms with Crippen LogP contribution < -0.4 is 0 Å². The first-order valence-electron chi connectivity index (χ1n) is 6.90. The van der Waals surface area contributed by atoms with Crippen molar-refractivity contribution in [2.45, 2.75) is 6.61 Å². The molecule has 0 aliphatic heterocycles. The van der Waals surface area contributed by atoms with E-state index in [4.69, 9.17) is 9.15 Å². The third-order valence-corrected chi connectivity index (χ3v) is 4.45. The van der Waals surface area contributed by atoms with Crippen LogP contribution in [-0.4, -0.2) is 11.0 Å². The number of para-hydroxylation sites is 2. The lowest BCUT2D eigenvalue weighted by molar-refractivity contribution is 0.0446. The van der Waals surface area contributed by atoms with Crippen molar-refractivity contribution in [3.63, 3.8) is 0 Å². The summed E-state index contributed by atoms with van der Waals surface area (Å²) in [5.41, 5.74) is 1.35. The maximum absolute atomic E-state index is 13.7. The van der Waals surface area contributed by atoms with Gasteiger partial charge in [0.2, 0.25) is 5.89 Å². The van der Waals surface area contributed by atoms with Gasteiger partial charge in [-0.2, -0.15) is 0 Å². The number of esters is 1. The molecule has 0 amide bonds. The van der Waals surface area contributed by atoms with Crippen LogP contribution in [0, 0.1) is 5.82 Å². The summed E-state index contributed by atoms with van der Waals surface area (Å²) < 4.78 is 25.1. The molecule has 0 bridgehead atoms. The molecule has 0 aliphatic rings. The lowest BCUT2D eigenvalue weighted by Gasteiger charge is -1.98. The summed E-state index contributed by atoms with van der Waals surface area (Å²) >= 11 is 1.19. The Bertz CT molecular complexity index is 988. The fourth-order valence-electron chi connectivity index (χ4n) is 2.31. The molecular formula is C17H10FNO3S. The third kappa shape index (κ3) is 2.57. The van der Waals surface area contributed by atoms with Crippen LogP contribution >= 0.6 is 11.3 Å². The molecule has 4 nitrogen and oxygen atoms in total. The van der Waals surface area contributed by atoms with Gasteiger partial charge in [0, 0.05) is 10.1 Å². The smallest absolute Gasteiger partial charge is 0.348 e. The van der Waals surface area contributed by atoms with Crippen molar-refractivity contribution in [3.05, 3.63) is 65.1 Å². The second-order valence-electron chi connectivity index (χ2n) is 4.91. The molecule has 2 aromatic heterocycles. The highest BCUT2D eigenvalue weighted by Crippen LogP contribution is 2.28. The first kappa shape index (κ1) is 13.9. The number of thiophene rings is 1. The van der Waals surface area contributed by atoms with Crippen molar-refractivity contribution in [2.75, 3.05) is 0 Å². The Morgan fingerprint density at radius 3 is 2.91 bits per heavy atom. The van der Waals surface area contributed by atoms with Crippen LogP contribution in [0.4, 0.5) is 4.39 Å². The van der Waals surface area contributed by atoms with Crippen molar-refractivity contribution in [1.29, 1.82) is 0 Å². The van der Waals surface area contributed by atoms with E-state index in [0.717, 1.165) is 0 Å². The molecule has 0 atom stereocenters. The van der Waals surface area contributed by atoms with Crippen LogP contribution in [0.15, 0.2) is 52.9 Å². The average molecular weight is 327 g/mol. The molecule has 0 spiro atoms. The number of rotatable bonds is 3. The van der Waals surface area contributed by atoms with Crippen molar-refractivity contribution < 1.29 is 18.3 Å². The van der Waals surface area contributed by atoms with E-state index in [-0.39, 0.29) is 12.4 Å². The molecule has 0 aliphatic carbocycles. The van der Waals surface area contributed by atoms with Gasteiger partial charge >= 0.3 is 5.97 Å².